The third-order valence-corrected chi connectivity index (χ3v) is 3.89. The van der Waals surface area contributed by atoms with Gasteiger partial charge < -0.3 is 0 Å². The van der Waals surface area contributed by atoms with Crippen molar-refractivity contribution in [2.75, 3.05) is 0 Å². The Labute approximate surface area is 126 Å². The molecule has 2 heterocycles. The maximum atomic E-state index is 6.35. The molecule has 4 nitrogen and oxygen atoms in total. The van der Waals surface area contributed by atoms with E-state index in [2.05, 4.69) is 10.1 Å². The molecule has 0 amide bonds. The van der Waals surface area contributed by atoms with Gasteiger partial charge >= 0.3 is 0 Å². The van der Waals surface area contributed by atoms with Crippen molar-refractivity contribution in [1.82, 2.24) is 19.3 Å². The fraction of sp³-hybridized carbons (Fsp3) is 0.286. The summed E-state index contributed by atoms with van der Waals surface area (Å²) in [6.07, 6.45) is 0. The molecule has 0 bridgehead atoms. The molecule has 2 aromatic heterocycles. The van der Waals surface area contributed by atoms with Crippen LogP contribution in [0.5, 0.6) is 0 Å². The van der Waals surface area contributed by atoms with Gasteiger partial charge in [0.25, 0.3) is 0 Å². The van der Waals surface area contributed by atoms with Crippen LogP contribution in [-0.4, -0.2) is 19.3 Å². The largest absolute Gasteiger partial charge is 0.278 e. The minimum atomic E-state index is 0.318. The van der Waals surface area contributed by atoms with Gasteiger partial charge in [0, 0.05) is 7.05 Å². The summed E-state index contributed by atoms with van der Waals surface area (Å²) in [5.41, 5.74) is 4.67. The third kappa shape index (κ3) is 1.91. The highest BCUT2D eigenvalue weighted by molar-refractivity contribution is 6.32. The quantitative estimate of drug-likeness (QED) is 0.676. The molecule has 0 aliphatic carbocycles. The topological polar surface area (TPSA) is 35.6 Å². The number of rotatable bonds is 2. The Balaban J connectivity index is 2.42. The second kappa shape index (κ2) is 4.79. The van der Waals surface area contributed by atoms with Crippen molar-refractivity contribution in [3.05, 3.63) is 40.3 Å². The summed E-state index contributed by atoms with van der Waals surface area (Å²) in [5.74, 6) is 1.09. The highest BCUT2D eigenvalue weighted by atomic mass is 35.5. The van der Waals surface area contributed by atoms with Crippen LogP contribution in [0.3, 0.4) is 0 Å². The van der Waals surface area contributed by atoms with Crippen LogP contribution in [0.4, 0.5) is 0 Å². The smallest absolute Gasteiger partial charge is 0.163 e. The molecule has 3 rings (SSSR count). The Hall–Kier alpha value is -1.52. The molecule has 0 saturated heterocycles. The van der Waals surface area contributed by atoms with Crippen molar-refractivity contribution in [2.24, 2.45) is 7.05 Å². The van der Waals surface area contributed by atoms with E-state index in [0.29, 0.717) is 10.9 Å². The van der Waals surface area contributed by atoms with Crippen LogP contribution in [0.2, 0.25) is 5.02 Å². The van der Waals surface area contributed by atoms with Crippen LogP contribution in [0, 0.1) is 13.8 Å². The zero-order chi connectivity index (χ0) is 14.4. The molecule has 104 valence electrons. The summed E-state index contributed by atoms with van der Waals surface area (Å²) in [7, 11) is 1.90. The van der Waals surface area contributed by atoms with Crippen molar-refractivity contribution < 1.29 is 0 Å². The highest BCUT2D eigenvalue weighted by Crippen LogP contribution is 2.29. The van der Waals surface area contributed by atoms with Crippen molar-refractivity contribution >= 4 is 34.4 Å². The minimum absolute atomic E-state index is 0.318. The summed E-state index contributed by atoms with van der Waals surface area (Å²) in [6, 6.07) is 5.90. The number of fused-ring (bicyclic) bond motifs is 1. The van der Waals surface area contributed by atoms with Gasteiger partial charge in [-0.3, -0.25) is 4.57 Å². The first kappa shape index (κ1) is 13.5. The lowest BCUT2D eigenvalue weighted by Gasteiger charge is -2.11. The second-order valence-corrected chi connectivity index (χ2v) is 5.51. The molecular weight excluding hydrogens is 295 g/mol. The second-order valence-electron chi connectivity index (χ2n) is 4.83. The predicted octanol–water partition coefficient (Wildman–Crippen LogP) is 3.77. The fourth-order valence-corrected chi connectivity index (χ4v) is 2.84. The van der Waals surface area contributed by atoms with Crippen LogP contribution in [0.1, 0.15) is 17.1 Å². The van der Waals surface area contributed by atoms with E-state index in [0.717, 1.165) is 33.9 Å². The van der Waals surface area contributed by atoms with Crippen molar-refractivity contribution in [3.63, 3.8) is 0 Å². The average molecular weight is 309 g/mol. The summed E-state index contributed by atoms with van der Waals surface area (Å²) in [4.78, 5) is 4.59. The third-order valence-electron chi connectivity index (χ3n) is 3.33. The normalized spacial score (nSPS) is 11.4. The number of alkyl halides is 1. The van der Waals surface area contributed by atoms with Gasteiger partial charge in [0.15, 0.2) is 5.65 Å². The number of benzene rings is 1. The number of halogens is 2. The molecule has 0 N–H and O–H groups in total. The van der Waals surface area contributed by atoms with Gasteiger partial charge in [0.1, 0.15) is 11.3 Å². The van der Waals surface area contributed by atoms with E-state index in [1.54, 1.807) is 0 Å². The van der Waals surface area contributed by atoms with Crippen LogP contribution < -0.4 is 0 Å². The Morgan fingerprint density at radius 3 is 2.70 bits per heavy atom. The molecule has 0 aliphatic heterocycles. The number of imidazole rings is 1. The molecule has 0 aliphatic rings. The molecule has 20 heavy (non-hydrogen) atoms. The summed E-state index contributed by atoms with van der Waals surface area (Å²) >= 11 is 12.4. The fourth-order valence-electron chi connectivity index (χ4n) is 2.45. The van der Waals surface area contributed by atoms with Gasteiger partial charge in [-0.1, -0.05) is 17.7 Å². The van der Waals surface area contributed by atoms with E-state index in [-0.39, 0.29) is 0 Å². The van der Waals surface area contributed by atoms with E-state index in [1.165, 1.54) is 0 Å². The Kier molecular flexibility index (Phi) is 3.22. The van der Waals surface area contributed by atoms with Crippen molar-refractivity contribution in [2.45, 2.75) is 19.7 Å². The zero-order valence-corrected chi connectivity index (χ0v) is 13.0. The van der Waals surface area contributed by atoms with Gasteiger partial charge in [-0.15, -0.1) is 11.6 Å². The average Bonchev–Trinajstić information content (AvgIpc) is 2.92. The van der Waals surface area contributed by atoms with E-state index in [9.17, 15) is 0 Å². The summed E-state index contributed by atoms with van der Waals surface area (Å²) in [6.45, 7) is 3.97. The number of hydrogen-bond acceptors (Lipinski definition) is 2. The Morgan fingerprint density at radius 2 is 2.00 bits per heavy atom. The molecule has 0 unspecified atom stereocenters. The van der Waals surface area contributed by atoms with E-state index in [1.807, 2.05) is 48.3 Å². The molecule has 0 spiro atoms. The molecule has 1 aromatic carbocycles. The first-order chi connectivity index (χ1) is 9.52. The maximum absolute atomic E-state index is 6.35. The summed E-state index contributed by atoms with van der Waals surface area (Å²) < 4.78 is 3.80. The zero-order valence-electron chi connectivity index (χ0n) is 11.5. The monoisotopic (exact) mass is 308 g/mol. The first-order valence-corrected chi connectivity index (χ1v) is 7.17. The van der Waals surface area contributed by atoms with Gasteiger partial charge in [-0.25, -0.2) is 9.67 Å². The van der Waals surface area contributed by atoms with Crippen molar-refractivity contribution in [3.8, 4) is 5.69 Å². The Morgan fingerprint density at radius 1 is 1.25 bits per heavy atom. The number of hydrogen-bond donors (Lipinski definition) is 0. The van der Waals surface area contributed by atoms with E-state index >= 15 is 0 Å². The number of nitrogens with zero attached hydrogens (tertiary/aromatic N) is 4. The Bertz CT molecular complexity index is 801. The predicted molar refractivity (Wildman–Crippen MR) is 81.9 cm³/mol. The van der Waals surface area contributed by atoms with Gasteiger partial charge in [-0.2, -0.15) is 5.10 Å². The van der Waals surface area contributed by atoms with E-state index < -0.39 is 0 Å². The van der Waals surface area contributed by atoms with Crippen LogP contribution >= 0.6 is 23.2 Å². The van der Waals surface area contributed by atoms with Crippen LogP contribution in [0.25, 0.3) is 16.9 Å². The molecule has 0 atom stereocenters. The van der Waals surface area contributed by atoms with Gasteiger partial charge in [0.2, 0.25) is 0 Å². The molecule has 6 heteroatoms. The van der Waals surface area contributed by atoms with Gasteiger partial charge in [0.05, 0.1) is 22.3 Å². The highest BCUT2D eigenvalue weighted by Gasteiger charge is 2.19. The standard InChI is InChI=1S/C14H14Cl2N4/c1-8-4-5-10(16)11(6-8)20-12(7-15)17-13-9(2)18-19(3)14(13)20/h4-6H,7H2,1-3H3. The van der Waals surface area contributed by atoms with Crippen LogP contribution in [-0.2, 0) is 12.9 Å². The first-order valence-electron chi connectivity index (χ1n) is 6.26. The van der Waals surface area contributed by atoms with E-state index in [4.69, 9.17) is 23.2 Å². The molecule has 0 saturated carbocycles. The maximum Gasteiger partial charge on any atom is 0.163 e. The molecular formula is C14H14Cl2N4. The molecule has 0 fully saturated rings. The lowest BCUT2D eigenvalue weighted by molar-refractivity contribution is 0.755. The SMILES string of the molecule is Cc1ccc(Cl)c(-n2c(CCl)nc3c(C)nn(C)c32)c1. The molecule has 3 aromatic rings. The number of aromatic nitrogens is 4. The van der Waals surface area contributed by atoms with Gasteiger partial charge in [-0.05, 0) is 31.5 Å². The lowest BCUT2D eigenvalue weighted by Crippen LogP contribution is -2.05. The van der Waals surface area contributed by atoms with Crippen LogP contribution in [0.15, 0.2) is 18.2 Å². The summed E-state index contributed by atoms with van der Waals surface area (Å²) in [5, 5.41) is 5.08. The number of aryl methyl sites for hydroxylation is 3. The lowest BCUT2D eigenvalue weighted by atomic mass is 10.2. The minimum Gasteiger partial charge on any atom is -0.278 e. The van der Waals surface area contributed by atoms with Crippen molar-refractivity contribution in [1.29, 1.82) is 0 Å². The molecule has 0 radical (unpaired) electrons.